The van der Waals surface area contributed by atoms with Gasteiger partial charge in [-0.2, -0.15) is 5.10 Å². The molecule has 1 aliphatic heterocycles. The Morgan fingerprint density at radius 2 is 2.24 bits per heavy atom. The van der Waals surface area contributed by atoms with Gasteiger partial charge in [-0.1, -0.05) is 29.8 Å². The third-order valence-electron chi connectivity index (χ3n) is 5.45. The van der Waals surface area contributed by atoms with Gasteiger partial charge in [0, 0.05) is 29.4 Å². The van der Waals surface area contributed by atoms with E-state index in [0.29, 0.717) is 11.1 Å². The highest BCUT2D eigenvalue weighted by atomic mass is 35.5. The zero-order valence-corrected chi connectivity index (χ0v) is 16.6. The van der Waals surface area contributed by atoms with Crippen LogP contribution >= 0.6 is 11.6 Å². The summed E-state index contributed by atoms with van der Waals surface area (Å²) in [6, 6.07) is 12.6. The molecule has 3 heterocycles. The monoisotopic (exact) mass is 410 g/mol. The average molecular weight is 411 g/mol. The molecule has 1 saturated heterocycles. The molecule has 150 valence electrons. The van der Waals surface area contributed by atoms with Crippen molar-refractivity contribution >= 4 is 29.1 Å². The number of benzene rings is 1. The van der Waals surface area contributed by atoms with Gasteiger partial charge >= 0.3 is 0 Å². The highest BCUT2D eigenvalue weighted by Crippen LogP contribution is 2.33. The average Bonchev–Trinajstić information content (AvgIpc) is 3.37. The Labute approximate surface area is 174 Å². The Hall–Kier alpha value is -2.67. The number of hydroxylamine groups is 1. The van der Waals surface area contributed by atoms with E-state index in [4.69, 9.17) is 16.8 Å². The molecule has 0 saturated carbocycles. The lowest BCUT2D eigenvalue weighted by Crippen LogP contribution is -2.24. The molecule has 1 fully saturated rings. The van der Waals surface area contributed by atoms with Crippen molar-refractivity contribution in [1.82, 2.24) is 20.4 Å². The molecule has 0 aliphatic carbocycles. The Balaban J connectivity index is 1.37. The molecular formula is C22H23ClN4O2. The second-order valence-corrected chi connectivity index (χ2v) is 7.73. The van der Waals surface area contributed by atoms with Crippen molar-refractivity contribution in [3.05, 3.63) is 76.6 Å². The number of hydrogen-bond donors (Lipinski definition) is 3. The topological polar surface area (TPSA) is 78.7 Å². The van der Waals surface area contributed by atoms with Gasteiger partial charge < -0.3 is 5.32 Å². The Bertz CT molecular complexity index is 1050. The van der Waals surface area contributed by atoms with Crippen molar-refractivity contribution in [3.8, 4) is 0 Å². The minimum absolute atomic E-state index is 0.232. The van der Waals surface area contributed by atoms with Crippen LogP contribution in [0.2, 0.25) is 5.02 Å². The summed E-state index contributed by atoms with van der Waals surface area (Å²) in [5.41, 5.74) is 5.90. The van der Waals surface area contributed by atoms with Crippen molar-refractivity contribution in [2.75, 3.05) is 0 Å². The van der Waals surface area contributed by atoms with Gasteiger partial charge in [-0.25, -0.2) is 10.00 Å². The van der Waals surface area contributed by atoms with E-state index in [1.807, 2.05) is 47.2 Å². The number of nitrogens with zero attached hydrogens (tertiary/aromatic N) is 2. The van der Waals surface area contributed by atoms with E-state index in [-0.39, 0.29) is 6.04 Å². The Morgan fingerprint density at radius 1 is 1.34 bits per heavy atom. The maximum absolute atomic E-state index is 11.1. The summed E-state index contributed by atoms with van der Waals surface area (Å²) in [7, 11) is 0. The third kappa shape index (κ3) is 4.50. The lowest BCUT2D eigenvalue weighted by molar-refractivity contribution is -0.124. The smallest absolute Gasteiger partial charge is 0.267 e. The minimum atomic E-state index is -0.572. The number of carbonyl (C=O) groups excluding carboxylic acids is 1. The zero-order valence-electron chi connectivity index (χ0n) is 15.9. The number of amides is 1. The molecule has 2 unspecified atom stereocenters. The van der Waals surface area contributed by atoms with Gasteiger partial charge in [0.15, 0.2) is 0 Å². The van der Waals surface area contributed by atoms with Crippen LogP contribution in [0.5, 0.6) is 0 Å². The molecule has 1 amide bonds. The first kappa shape index (κ1) is 19.6. The van der Waals surface area contributed by atoms with E-state index in [1.165, 1.54) is 17.2 Å². The lowest BCUT2D eigenvalue weighted by Gasteiger charge is -2.16. The third-order valence-corrected chi connectivity index (χ3v) is 5.77. The summed E-state index contributed by atoms with van der Waals surface area (Å²) in [6.45, 7) is 0. The van der Waals surface area contributed by atoms with E-state index >= 15 is 0 Å². The fraction of sp³-hybridized carbons (Fsp3) is 0.273. The molecule has 6 nitrogen and oxygen atoms in total. The minimum Gasteiger partial charge on any atom is -0.307 e. The van der Waals surface area contributed by atoms with Crippen molar-refractivity contribution in [3.63, 3.8) is 0 Å². The first-order valence-electron chi connectivity index (χ1n) is 9.73. The van der Waals surface area contributed by atoms with Crippen LogP contribution in [0.3, 0.4) is 0 Å². The molecule has 2 atom stereocenters. The van der Waals surface area contributed by atoms with E-state index in [2.05, 4.69) is 16.5 Å². The molecule has 0 bridgehead atoms. The summed E-state index contributed by atoms with van der Waals surface area (Å²) in [6.07, 6.45) is 11.0. The van der Waals surface area contributed by atoms with Crippen LogP contribution in [0.4, 0.5) is 0 Å². The molecule has 3 aromatic rings. The summed E-state index contributed by atoms with van der Waals surface area (Å²) in [5.74, 6) is -0.572. The van der Waals surface area contributed by atoms with Gasteiger partial charge in [0.05, 0.1) is 11.7 Å². The van der Waals surface area contributed by atoms with Crippen molar-refractivity contribution in [2.45, 2.75) is 37.8 Å². The maximum Gasteiger partial charge on any atom is 0.267 e. The van der Waals surface area contributed by atoms with E-state index < -0.39 is 5.91 Å². The highest BCUT2D eigenvalue weighted by Gasteiger charge is 2.26. The number of rotatable bonds is 6. The van der Waals surface area contributed by atoms with Crippen molar-refractivity contribution in [2.24, 2.45) is 0 Å². The zero-order chi connectivity index (χ0) is 20.2. The number of aromatic nitrogens is 2. The summed E-state index contributed by atoms with van der Waals surface area (Å²) in [4.78, 5) is 11.1. The molecule has 1 aliphatic rings. The van der Waals surface area contributed by atoms with E-state index in [9.17, 15) is 4.79 Å². The van der Waals surface area contributed by atoms with Crippen LogP contribution in [0.1, 0.15) is 42.0 Å². The van der Waals surface area contributed by atoms with Crippen LogP contribution in [0.25, 0.3) is 11.6 Å². The van der Waals surface area contributed by atoms with Crippen LogP contribution < -0.4 is 10.8 Å². The van der Waals surface area contributed by atoms with Crippen LogP contribution in [0, 0.1) is 0 Å². The molecule has 4 rings (SSSR count). The first-order valence-corrected chi connectivity index (χ1v) is 10.1. The van der Waals surface area contributed by atoms with Gasteiger partial charge in [0.2, 0.25) is 0 Å². The number of hydrogen-bond acceptors (Lipinski definition) is 4. The predicted octanol–water partition coefficient (Wildman–Crippen LogP) is 3.93. The maximum atomic E-state index is 11.1. The highest BCUT2D eigenvalue weighted by molar-refractivity contribution is 6.31. The van der Waals surface area contributed by atoms with Gasteiger partial charge in [0.25, 0.3) is 5.91 Å². The van der Waals surface area contributed by atoms with Gasteiger partial charge in [-0.15, -0.1) is 0 Å². The van der Waals surface area contributed by atoms with Crippen LogP contribution in [0.15, 0.2) is 54.9 Å². The van der Waals surface area contributed by atoms with Crippen LogP contribution in [-0.4, -0.2) is 26.8 Å². The molecule has 0 spiro atoms. The quantitative estimate of drug-likeness (QED) is 0.327. The normalized spacial score (nSPS) is 19.2. The number of halogens is 1. The molecule has 2 aromatic heterocycles. The second kappa shape index (κ2) is 8.78. The van der Waals surface area contributed by atoms with Gasteiger partial charge in [-0.05, 0) is 66.6 Å². The number of fused-ring (bicyclic) bond motifs is 1. The number of aryl methyl sites for hydroxylation is 1. The molecule has 1 aromatic carbocycles. The van der Waals surface area contributed by atoms with Gasteiger partial charge in [0.1, 0.15) is 0 Å². The number of pyridine rings is 1. The molecule has 3 N–H and O–H groups in total. The lowest BCUT2D eigenvalue weighted by atomic mass is 10.0. The summed E-state index contributed by atoms with van der Waals surface area (Å²) >= 11 is 6.50. The van der Waals surface area contributed by atoms with Crippen molar-refractivity contribution in [1.29, 1.82) is 0 Å². The number of nitrogens with one attached hydrogen (secondary N) is 2. The Morgan fingerprint density at radius 3 is 3.07 bits per heavy atom. The second-order valence-electron chi connectivity index (χ2n) is 7.32. The van der Waals surface area contributed by atoms with E-state index in [1.54, 1.807) is 11.6 Å². The summed E-state index contributed by atoms with van der Waals surface area (Å²) < 4.78 is 1.92. The molecule has 0 radical (unpaired) electrons. The largest absolute Gasteiger partial charge is 0.307 e. The SMILES string of the molecule is O=C(/C=C/c1ccc(C2CCC(CCc3cnn4ccccc34)N2)c(Cl)c1)NO. The molecule has 29 heavy (non-hydrogen) atoms. The standard InChI is InChI=1S/C22H23ClN4O2/c23-19-13-15(5-11-22(28)26-29)4-9-18(19)20-10-8-17(25-20)7-6-16-14-24-27-12-2-1-3-21(16)27/h1-5,9,11-14,17,20,25,29H,6-8,10H2,(H,26,28)/b11-5+. The van der Waals surface area contributed by atoms with E-state index in [0.717, 1.165) is 36.8 Å². The Kier molecular flexibility index (Phi) is 5.94. The van der Waals surface area contributed by atoms with Crippen molar-refractivity contribution < 1.29 is 10.0 Å². The molecular weight excluding hydrogens is 388 g/mol. The first-order chi connectivity index (χ1) is 14.1. The fourth-order valence-electron chi connectivity index (χ4n) is 3.94. The van der Waals surface area contributed by atoms with Gasteiger partial charge in [-0.3, -0.25) is 10.0 Å². The predicted molar refractivity (Wildman–Crippen MR) is 113 cm³/mol. The van der Waals surface area contributed by atoms with Crippen LogP contribution in [-0.2, 0) is 11.2 Å². The molecule has 7 heteroatoms. The number of carbonyl (C=O) groups is 1. The fourth-order valence-corrected chi connectivity index (χ4v) is 4.26. The summed E-state index contributed by atoms with van der Waals surface area (Å²) in [5, 5.41) is 17.3.